The van der Waals surface area contributed by atoms with Gasteiger partial charge in [0.25, 0.3) is 0 Å². The van der Waals surface area contributed by atoms with Gasteiger partial charge in [-0.1, -0.05) is 48.5 Å². The highest BCUT2D eigenvalue weighted by Gasteiger charge is 2.42. The minimum absolute atomic E-state index is 0.0111. The first-order valence-electron chi connectivity index (χ1n) is 14.7. The van der Waals surface area contributed by atoms with Crippen LogP contribution in [0.5, 0.6) is 0 Å². The number of nitrogens with zero attached hydrogens (tertiary/aromatic N) is 3. The van der Waals surface area contributed by atoms with E-state index in [2.05, 4.69) is 0 Å². The van der Waals surface area contributed by atoms with Gasteiger partial charge in [0, 0.05) is 11.1 Å². The Morgan fingerprint density at radius 1 is 0.460 bits per heavy atom. The number of hydrogen-bond donors (Lipinski definition) is 0. The van der Waals surface area contributed by atoms with Gasteiger partial charge in [-0.3, -0.25) is 0 Å². The molecule has 0 radical (unpaired) electrons. The van der Waals surface area contributed by atoms with Crippen LogP contribution in [0.2, 0.25) is 0 Å². The van der Waals surface area contributed by atoms with Gasteiger partial charge in [-0.15, -0.1) is 0 Å². The number of hydrogen-bond acceptors (Lipinski definition) is 7. The summed E-state index contributed by atoms with van der Waals surface area (Å²) in [5.74, 6) is 0. The lowest BCUT2D eigenvalue weighted by molar-refractivity contribution is -0.0867. The van der Waals surface area contributed by atoms with Gasteiger partial charge < -0.3 is 0 Å². The van der Waals surface area contributed by atoms with E-state index in [1.807, 2.05) is 12.1 Å². The van der Waals surface area contributed by atoms with Crippen molar-refractivity contribution in [3.05, 3.63) is 143 Å². The lowest BCUT2D eigenvalue weighted by Gasteiger charge is -2.13. The van der Waals surface area contributed by atoms with E-state index in [4.69, 9.17) is 0 Å². The lowest BCUT2D eigenvalue weighted by atomic mass is 9.92. The van der Waals surface area contributed by atoms with Crippen molar-refractivity contribution in [3.63, 3.8) is 0 Å². The first-order valence-corrected chi connectivity index (χ1v) is 17.6. The molecule has 0 saturated heterocycles. The Bertz CT molecular complexity index is 2720. The summed E-state index contributed by atoms with van der Waals surface area (Å²) in [5, 5.41) is 29.8. The van der Waals surface area contributed by atoms with E-state index >= 15 is 0 Å². The Hall–Kier alpha value is -6.26. The van der Waals surface area contributed by atoms with Crippen molar-refractivity contribution in [2.45, 2.75) is 25.8 Å². The van der Waals surface area contributed by atoms with E-state index in [-0.39, 0.29) is 58.5 Å². The van der Waals surface area contributed by atoms with Gasteiger partial charge in [0.1, 0.15) is 29.4 Å². The Labute approximate surface area is 284 Å². The monoisotopic (exact) mass is 701 g/mol. The molecule has 0 saturated carbocycles. The van der Waals surface area contributed by atoms with Crippen molar-refractivity contribution in [1.82, 2.24) is 0 Å². The largest absolute Gasteiger partial charge is 0.426 e. The van der Waals surface area contributed by atoms with Gasteiger partial charge in [-0.2, -0.15) is 29.0 Å². The molecular formula is C38H18F3N3O4S2. The molecule has 12 heteroatoms. The lowest BCUT2D eigenvalue weighted by Crippen LogP contribution is -2.13. The topological polar surface area (TPSA) is 140 Å². The second-order valence-corrected chi connectivity index (χ2v) is 15.2. The average Bonchev–Trinajstić information content (AvgIpc) is 3.59. The molecule has 2 aliphatic carbocycles. The van der Waals surface area contributed by atoms with Crippen molar-refractivity contribution >= 4 is 30.8 Å². The molecule has 50 heavy (non-hydrogen) atoms. The van der Waals surface area contributed by atoms with Crippen molar-refractivity contribution in [3.8, 4) is 40.5 Å². The zero-order chi connectivity index (χ0) is 35.6. The van der Waals surface area contributed by atoms with Crippen LogP contribution in [0.4, 0.5) is 13.2 Å². The van der Waals surface area contributed by atoms with E-state index in [0.717, 1.165) is 6.07 Å². The van der Waals surface area contributed by atoms with Crippen LogP contribution < -0.4 is 0 Å². The van der Waals surface area contributed by atoms with Crippen molar-refractivity contribution in [1.29, 1.82) is 15.8 Å². The first-order chi connectivity index (χ1) is 23.8. The van der Waals surface area contributed by atoms with Crippen molar-refractivity contribution < 1.29 is 30.0 Å². The molecule has 0 N–H and O–H groups in total. The van der Waals surface area contributed by atoms with Crippen LogP contribution in [0.3, 0.4) is 0 Å². The summed E-state index contributed by atoms with van der Waals surface area (Å²) < 4.78 is 97.6. The highest BCUT2D eigenvalue weighted by Crippen LogP contribution is 2.55. The molecule has 0 aromatic heterocycles. The molecule has 0 aliphatic heterocycles. The third kappa shape index (κ3) is 4.83. The van der Waals surface area contributed by atoms with Crippen LogP contribution in [0, 0.1) is 34.0 Å². The predicted octanol–water partition coefficient (Wildman–Crippen LogP) is 8.05. The first kappa shape index (κ1) is 32.3. The molecule has 242 valence electrons. The Morgan fingerprint density at radius 2 is 0.860 bits per heavy atom. The maximum Gasteiger partial charge on any atom is 0.426 e. The Morgan fingerprint density at radius 3 is 1.28 bits per heavy atom. The van der Waals surface area contributed by atoms with Gasteiger partial charge in [-0.05, 0) is 105 Å². The summed E-state index contributed by atoms with van der Waals surface area (Å²) in [6.07, 6.45) is -5.14. The quantitative estimate of drug-likeness (QED) is 0.169. The van der Waals surface area contributed by atoms with E-state index in [0.29, 0.717) is 11.1 Å². The molecule has 5 aromatic rings. The van der Waals surface area contributed by atoms with E-state index < -0.39 is 42.6 Å². The van der Waals surface area contributed by atoms with Crippen LogP contribution in [0.1, 0.15) is 22.3 Å². The SMILES string of the molecule is N#CC(C#N)=C1c2cc(S(=O)(=O)c3ccccc3)ccc2-c2cc3c(cc21)C(=C(C#N)C(F)(F)F)c1cc(S(=O)(=O)c2ccccc2)ccc1-3. The van der Waals surface area contributed by atoms with Crippen molar-refractivity contribution in [2.24, 2.45) is 0 Å². The Kier molecular flexibility index (Phi) is 7.38. The van der Waals surface area contributed by atoms with E-state index in [9.17, 15) is 45.8 Å². The molecule has 7 nitrogen and oxygen atoms in total. The number of benzene rings is 5. The van der Waals surface area contributed by atoms with Crippen LogP contribution in [0.15, 0.2) is 140 Å². The number of fused-ring (bicyclic) bond motifs is 6. The zero-order valence-corrected chi connectivity index (χ0v) is 27.0. The molecule has 0 spiro atoms. The van der Waals surface area contributed by atoms with Crippen LogP contribution in [-0.2, 0) is 19.7 Å². The minimum atomic E-state index is -5.14. The predicted molar refractivity (Wildman–Crippen MR) is 176 cm³/mol. The van der Waals surface area contributed by atoms with Gasteiger partial charge in [0.05, 0.1) is 19.6 Å². The maximum absolute atomic E-state index is 14.5. The third-order valence-corrected chi connectivity index (χ3v) is 12.2. The fourth-order valence-electron chi connectivity index (χ4n) is 6.42. The van der Waals surface area contributed by atoms with E-state index in [1.54, 1.807) is 30.3 Å². The fraction of sp³-hybridized carbons (Fsp3) is 0.0263. The molecule has 5 aromatic carbocycles. The summed E-state index contributed by atoms with van der Waals surface area (Å²) in [7, 11) is -8.21. The molecule has 0 bridgehead atoms. The number of sulfone groups is 2. The Balaban J connectivity index is 1.51. The highest BCUT2D eigenvalue weighted by atomic mass is 32.2. The zero-order valence-electron chi connectivity index (χ0n) is 25.3. The average molecular weight is 702 g/mol. The molecule has 0 amide bonds. The summed E-state index contributed by atoms with van der Waals surface area (Å²) >= 11 is 0. The fourth-order valence-corrected chi connectivity index (χ4v) is 9.04. The van der Waals surface area contributed by atoms with E-state index in [1.165, 1.54) is 78.9 Å². The molecule has 2 aliphatic rings. The summed E-state index contributed by atoms with van der Waals surface area (Å²) in [6.45, 7) is 0. The van der Waals surface area contributed by atoms with Gasteiger partial charge in [0.2, 0.25) is 19.7 Å². The van der Waals surface area contributed by atoms with Crippen LogP contribution in [-0.4, -0.2) is 23.0 Å². The standard InChI is InChI=1S/C38H18F3N3O4S2/c39-38(40,41)35(21-44)37-32-16-26(50(47,48)24-9-5-2-6-10-24)12-14-28(32)30-17-29-27-13-11-25(49(45,46)23-7-3-1-4-8-23)15-31(27)36(22(19-42)20-43)33(29)18-34(30)37/h1-18H. The molecule has 7 rings (SSSR count). The smallest absolute Gasteiger partial charge is 0.219 e. The summed E-state index contributed by atoms with van der Waals surface area (Å²) in [6, 6.07) is 30.8. The van der Waals surface area contributed by atoms with Gasteiger partial charge in [-0.25, -0.2) is 16.8 Å². The third-order valence-electron chi connectivity index (χ3n) is 8.64. The number of alkyl halides is 3. The summed E-state index contributed by atoms with van der Waals surface area (Å²) in [4.78, 5) is -0.472. The highest BCUT2D eigenvalue weighted by molar-refractivity contribution is 7.91. The second-order valence-electron chi connectivity index (χ2n) is 11.3. The van der Waals surface area contributed by atoms with Gasteiger partial charge in [0.15, 0.2) is 0 Å². The van der Waals surface area contributed by atoms with Gasteiger partial charge >= 0.3 is 6.18 Å². The molecule has 0 heterocycles. The number of rotatable bonds is 4. The molecule has 0 unspecified atom stereocenters. The number of nitriles is 3. The van der Waals surface area contributed by atoms with Crippen molar-refractivity contribution in [2.75, 3.05) is 0 Å². The van der Waals surface area contributed by atoms with Crippen LogP contribution in [0.25, 0.3) is 33.4 Å². The number of allylic oxidation sites excluding steroid dienone is 2. The van der Waals surface area contributed by atoms with Crippen LogP contribution >= 0.6 is 0 Å². The number of halogens is 3. The molecular weight excluding hydrogens is 684 g/mol. The summed E-state index contributed by atoms with van der Waals surface area (Å²) in [5.41, 5.74) is -1.04. The normalized spacial score (nSPS) is 14.0. The maximum atomic E-state index is 14.5. The molecule has 0 atom stereocenters. The molecule has 0 fully saturated rings. The second kappa shape index (κ2) is 11.4. The minimum Gasteiger partial charge on any atom is -0.219 e.